The lowest BCUT2D eigenvalue weighted by Gasteiger charge is -2.05. The Balaban J connectivity index is -0.0000000284. The van der Waals surface area contributed by atoms with Crippen LogP contribution < -0.4 is 0 Å². The van der Waals surface area contributed by atoms with Crippen LogP contribution in [0.1, 0.15) is 105 Å². The molecule has 0 saturated heterocycles. The molecule has 0 aromatic rings. The highest BCUT2D eigenvalue weighted by Gasteiger charge is 1.96. The summed E-state index contributed by atoms with van der Waals surface area (Å²) >= 11 is 0. The first-order chi connectivity index (χ1) is 7.77. The van der Waals surface area contributed by atoms with Crippen molar-refractivity contribution in [3.8, 4) is 0 Å². The van der Waals surface area contributed by atoms with Crippen LogP contribution in [0.2, 0.25) is 0 Å². The topological polar surface area (TPSA) is 3.01 Å². The molecule has 0 saturated carbocycles. The molecule has 144 valence electrons. The van der Waals surface area contributed by atoms with E-state index in [1.165, 1.54) is 12.1 Å². The van der Waals surface area contributed by atoms with Gasteiger partial charge in [0.1, 0.15) is 19.8 Å². The Hall–Kier alpha value is -0.330. The van der Waals surface area contributed by atoms with Crippen LogP contribution in [0.5, 0.6) is 0 Å². The molecule has 0 aliphatic rings. The Morgan fingerprint density at radius 1 is 0.727 bits per heavy atom. The van der Waals surface area contributed by atoms with Crippen molar-refractivity contribution in [3.63, 3.8) is 0 Å². The lowest BCUT2D eigenvalue weighted by atomic mass is 10.0. The van der Waals surface area contributed by atoms with Crippen molar-refractivity contribution in [1.82, 2.24) is 0 Å². The van der Waals surface area contributed by atoms with E-state index < -0.39 is 0 Å². The molecule has 0 N–H and O–H groups in total. The van der Waals surface area contributed by atoms with E-state index in [0.717, 1.165) is 11.8 Å². The summed E-state index contributed by atoms with van der Waals surface area (Å²) < 4.78 is 2.08. The summed E-state index contributed by atoms with van der Waals surface area (Å²) in [5.41, 5.74) is 1.84. The standard InChI is InChI=1S/C7H16.C5H12N.C5H12.4CH4/c1-6(2)5-7(3)4;1-5(2)6(3)4;1-5(2,3)4;;;;/h6-7H,5H2,1-4H3;1-4H3;1-4H3;4*1H4/q;+1;;;;;. The molecule has 0 aromatic carbocycles. The number of hydrogen-bond donors (Lipinski definition) is 0. The van der Waals surface area contributed by atoms with Gasteiger partial charge in [0.25, 0.3) is 0 Å². The molecule has 1 nitrogen and oxygen atoms in total. The van der Waals surface area contributed by atoms with Crippen LogP contribution in [-0.4, -0.2) is 24.4 Å². The van der Waals surface area contributed by atoms with Gasteiger partial charge in [-0.05, 0) is 23.7 Å². The van der Waals surface area contributed by atoms with E-state index in [0.29, 0.717) is 5.41 Å². The van der Waals surface area contributed by atoms with E-state index in [1.807, 2.05) is 14.1 Å². The van der Waals surface area contributed by atoms with Crippen LogP contribution in [0.4, 0.5) is 0 Å². The molecular formula is C21H56N+. The third-order valence-electron chi connectivity index (χ3n) is 1.84. The van der Waals surface area contributed by atoms with E-state index in [4.69, 9.17) is 0 Å². The lowest BCUT2D eigenvalue weighted by Crippen LogP contribution is -2.03. The van der Waals surface area contributed by atoms with Gasteiger partial charge in [-0.15, -0.1) is 0 Å². The third-order valence-corrected chi connectivity index (χ3v) is 1.84. The zero-order chi connectivity index (χ0) is 15.5. The Labute approximate surface area is 147 Å². The van der Waals surface area contributed by atoms with Gasteiger partial charge >= 0.3 is 0 Å². The first kappa shape index (κ1) is 43.0. The minimum absolute atomic E-state index is 0. The van der Waals surface area contributed by atoms with Gasteiger partial charge in [-0.1, -0.05) is 85.1 Å². The van der Waals surface area contributed by atoms with Gasteiger partial charge in [0.2, 0.25) is 0 Å². The number of rotatable bonds is 2. The average Bonchev–Trinajstić information content (AvgIpc) is 1.97. The summed E-state index contributed by atoms with van der Waals surface area (Å²) in [6, 6.07) is 0. The molecule has 1 heteroatoms. The monoisotopic (exact) mass is 322 g/mol. The van der Waals surface area contributed by atoms with Gasteiger partial charge in [0, 0.05) is 13.8 Å². The Kier molecular flexibility index (Phi) is 44.9. The number of nitrogens with zero attached hydrogens (tertiary/aromatic N) is 1. The summed E-state index contributed by atoms with van der Waals surface area (Å²) in [4.78, 5) is 0. The zero-order valence-electron chi connectivity index (χ0n) is 15.3. The smallest absolute Gasteiger partial charge is 0.145 e. The van der Waals surface area contributed by atoms with Crippen molar-refractivity contribution in [3.05, 3.63) is 0 Å². The largest absolute Gasteiger partial charge is 0.243 e. The maximum absolute atomic E-state index is 2.26. The van der Waals surface area contributed by atoms with Gasteiger partial charge < -0.3 is 0 Å². The van der Waals surface area contributed by atoms with Gasteiger partial charge in [-0.2, -0.15) is 0 Å². The summed E-state index contributed by atoms with van der Waals surface area (Å²) in [7, 11) is 4.07. The lowest BCUT2D eigenvalue weighted by molar-refractivity contribution is -0.465. The van der Waals surface area contributed by atoms with Crippen molar-refractivity contribution < 1.29 is 4.58 Å². The molecule has 0 spiro atoms. The first-order valence-electron chi connectivity index (χ1n) is 7.24. The van der Waals surface area contributed by atoms with Crippen LogP contribution in [0, 0.1) is 17.3 Å². The van der Waals surface area contributed by atoms with E-state index >= 15 is 0 Å². The molecule has 22 heavy (non-hydrogen) atoms. The Morgan fingerprint density at radius 3 is 0.864 bits per heavy atom. The first-order valence-corrected chi connectivity index (χ1v) is 7.24. The molecule has 0 fully saturated rings. The molecular weight excluding hydrogens is 266 g/mol. The second-order valence-electron chi connectivity index (χ2n) is 7.87. The Bertz CT molecular complexity index is 174. The highest BCUT2D eigenvalue weighted by atomic mass is 14.9. The van der Waals surface area contributed by atoms with Crippen LogP contribution >= 0.6 is 0 Å². The van der Waals surface area contributed by atoms with E-state index in [2.05, 4.69) is 73.8 Å². The second kappa shape index (κ2) is 22.9. The summed E-state index contributed by atoms with van der Waals surface area (Å²) in [5.74, 6) is 1.75. The molecule has 0 rings (SSSR count). The Morgan fingerprint density at radius 2 is 0.864 bits per heavy atom. The molecule has 0 unspecified atom stereocenters. The quantitative estimate of drug-likeness (QED) is 0.357. The predicted molar refractivity (Wildman–Crippen MR) is 115 cm³/mol. The highest BCUT2D eigenvalue weighted by Crippen LogP contribution is 2.08. The maximum Gasteiger partial charge on any atom is 0.145 e. The normalized spacial score (nSPS) is 8.45. The fourth-order valence-corrected chi connectivity index (χ4v) is 0.943. The van der Waals surface area contributed by atoms with Crippen molar-refractivity contribution >= 4 is 5.71 Å². The van der Waals surface area contributed by atoms with Crippen molar-refractivity contribution in [1.29, 1.82) is 0 Å². The predicted octanol–water partition coefficient (Wildman–Crippen LogP) is 8.02. The third kappa shape index (κ3) is 117. The van der Waals surface area contributed by atoms with Gasteiger partial charge in [-0.25, -0.2) is 4.58 Å². The van der Waals surface area contributed by atoms with Crippen LogP contribution in [-0.2, 0) is 0 Å². The fraction of sp³-hybridized carbons (Fsp3) is 0.952. The van der Waals surface area contributed by atoms with Crippen LogP contribution in [0.25, 0.3) is 0 Å². The van der Waals surface area contributed by atoms with Gasteiger partial charge in [-0.3, -0.25) is 0 Å². The van der Waals surface area contributed by atoms with Crippen molar-refractivity contribution in [2.45, 2.75) is 105 Å². The molecule has 0 amide bonds. The minimum Gasteiger partial charge on any atom is -0.243 e. The van der Waals surface area contributed by atoms with E-state index in [-0.39, 0.29) is 29.7 Å². The molecule has 0 atom stereocenters. The SMILES string of the molecule is C.C.C.C.CC(C)(C)C.CC(C)=[N+](C)C.CC(C)CC(C)C. The van der Waals surface area contributed by atoms with Gasteiger partial charge in [0.05, 0.1) is 0 Å². The van der Waals surface area contributed by atoms with Crippen molar-refractivity contribution in [2.75, 3.05) is 14.1 Å². The molecule has 0 heterocycles. The summed E-state index contributed by atoms with van der Waals surface area (Å²) in [5, 5.41) is 0. The van der Waals surface area contributed by atoms with E-state index in [9.17, 15) is 0 Å². The molecule has 0 aliphatic heterocycles. The molecule has 0 radical (unpaired) electrons. The molecule has 0 aliphatic carbocycles. The van der Waals surface area contributed by atoms with Crippen molar-refractivity contribution in [2.24, 2.45) is 17.3 Å². The minimum atomic E-state index is 0. The zero-order valence-corrected chi connectivity index (χ0v) is 15.3. The number of hydrogen-bond acceptors (Lipinski definition) is 0. The molecule has 0 bridgehead atoms. The highest BCUT2D eigenvalue weighted by molar-refractivity contribution is 5.73. The average molecular weight is 323 g/mol. The summed E-state index contributed by atoms with van der Waals surface area (Å²) in [6.45, 7) is 22.0. The molecule has 0 aromatic heterocycles. The maximum atomic E-state index is 2.26. The van der Waals surface area contributed by atoms with E-state index in [1.54, 1.807) is 0 Å². The van der Waals surface area contributed by atoms with Crippen LogP contribution in [0.3, 0.4) is 0 Å². The van der Waals surface area contributed by atoms with Crippen LogP contribution in [0.15, 0.2) is 0 Å². The summed E-state index contributed by atoms with van der Waals surface area (Å²) in [6.07, 6.45) is 1.36. The second-order valence-corrected chi connectivity index (χ2v) is 7.87. The fourth-order valence-electron chi connectivity index (χ4n) is 0.943. The van der Waals surface area contributed by atoms with Gasteiger partial charge in [0.15, 0.2) is 0 Å².